The Bertz CT molecular complexity index is 238. The Morgan fingerprint density at radius 3 is 3.00 bits per heavy atom. The molecule has 1 aromatic rings. The van der Waals surface area contributed by atoms with Gasteiger partial charge in [0.1, 0.15) is 0 Å². The maximum Gasteiger partial charge on any atom is 0.315 e. The van der Waals surface area contributed by atoms with Crippen molar-refractivity contribution in [3.63, 3.8) is 0 Å². The van der Waals surface area contributed by atoms with Crippen molar-refractivity contribution >= 4 is 6.01 Å². The summed E-state index contributed by atoms with van der Waals surface area (Å²) in [5.74, 6) is 0.430. The van der Waals surface area contributed by atoms with Crippen LogP contribution in [0.1, 0.15) is 12.8 Å². The Kier molecular flexibility index (Phi) is 4.20. The van der Waals surface area contributed by atoms with Crippen molar-refractivity contribution in [3.8, 4) is 0 Å². The summed E-state index contributed by atoms with van der Waals surface area (Å²) >= 11 is 0. The first-order valence-electron chi connectivity index (χ1n) is 4.21. The fourth-order valence-corrected chi connectivity index (χ4v) is 0.782. The van der Waals surface area contributed by atoms with Crippen LogP contribution in [0.4, 0.5) is 6.01 Å². The molecule has 0 bridgehead atoms. The third-order valence-electron chi connectivity index (χ3n) is 1.37. The van der Waals surface area contributed by atoms with Gasteiger partial charge in [-0.2, -0.15) is 0 Å². The molecule has 0 aromatic carbocycles. The van der Waals surface area contributed by atoms with E-state index in [-0.39, 0.29) is 6.54 Å². The van der Waals surface area contributed by atoms with Gasteiger partial charge in [-0.25, -0.2) is 0 Å². The third kappa shape index (κ3) is 3.39. The molecule has 1 aromatic heterocycles. The largest absolute Gasteiger partial charge is 0.407 e. The number of nitrogens with zero attached hydrogens (tertiary/aromatic N) is 2. The average molecular weight is 186 g/mol. The molecule has 1 rings (SSSR count). The normalized spacial score (nSPS) is 10.3. The van der Waals surface area contributed by atoms with E-state index in [2.05, 4.69) is 15.5 Å². The summed E-state index contributed by atoms with van der Waals surface area (Å²) in [7, 11) is 0. The van der Waals surface area contributed by atoms with E-state index in [9.17, 15) is 0 Å². The Balaban J connectivity index is 2.20. The van der Waals surface area contributed by atoms with Crippen LogP contribution in [-0.2, 0) is 11.3 Å². The van der Waals surface area contributed by atoms with E-state index in [4.69, 9.17) is 14.9 Å². The molecule has 1 heterocycles. The van der Waals surface area contributed by atoms with Crippen LogP contribution in [0, 0.1) is 0 Å². The zero-order chi connectivity index (χ0) is 9.52. The molecule has 6 heteroatoms. The van der Waals surface area contributed by atoms with Crippen molar-refractivity contribution in [1.82, 2.24) is 10.2 Å². The molecule has 0 aliphatic heterocycles. The number of anilines is 1. The van der Waals surface area contributed by atoms with Crippen molar-refractivity contribution in [1.29, 1.82) is 0 Å². The predicted molar refractivity (Wildman–Crippen MR) is 47.2 cm³/mol. The van der Waals surface area contributed by atoms with E-state index in [0.29, 0.717) is 31.7 Å². The van der Waals surface area contributed by atoms with Crippen molar-refractivity contribution in [3.05, 3.63) is 5.89 Å². The lowest BCUT2D eigenvalue weighted by Crippen LogP contribution is -2.09. The van der Waals surface area contributed by atoms with Crippen LogP contribution in [-0.4, -0.2) is 30.0 Å². The van der Waals surface area contributed by atoms with Gasteiger partial charge in [-0.1, -0.05) is 5.10 Å². The molecule has 74 valence electrons. The van der Waals surface area contributed by atoms with Gasteiger partial charge in [0.15, 0.2) is 0 Å². The molecule has 0 unspecified atom stereocenters. The Morgan fingerprint density at radius 1 is 1.54 bits per heavy atom. The minimum Gasteiger partial charge on any atom is -0.407 e. The molecule has 13 heavy (non-hydrogen) atoms. The number of nitrogens with two attached hydrogens (primary N) is 1. The first kappa shape index (κ1) is 9.94. The summed E-state index contributed by atoms with van der Waals surface area (Å²) < 4.78 is 10.2. The molecule has 0 saturated carbocycles. The second-order valence-electron chi connectivity index (χ2n) is 2.33. The lowest BCUT2D eigenvalue weighted by molar-refractivity contribution is 0.157. The standard InChI is InChI=1S/C7H14N4O2/c1-2-12-4-3-9-7-11-10-6(5-8)13-7/h2-5,8H2,1H3,(H,9,11). The number of aromatic nitrogens is 2. The Labute approximate surface area is 76.5 Å². The number of ether oxygens (including phenoxy) is 1. The van der Waals surface area contributed by atoms with Crippen LogP contribution in [0.3, 0.4) is 0 Å². The molecule has 0 aliphatic rings. The summed E-state index contributed by atoms with van der Waals surface area (Å²) in [5, 5.41) is 10.3. The van der Waals surface area contributed by atoms with E-state index in [1.54, 1.807) is 0 Å². The van der Waals surface area contributed by atoms with E-state index in [0.717, 1.165) is 0 Å². The molecule has 0 aliphatic carbocycles. The lowest BCUT2D eigenvalue weighted by Gasteiger charge is -2.00. The van der Waals surface area contributed by atoms with Gasteiger partial charge in [0.05, 0.1) is 13.2 Å². The highest BCUT2D eigenvalue weighted by Crippen LogP contribution is 2.03. The van der Waals surface area contributed by atoms with Gasteiger partial charge in [0.25, 0.3) is 0 Å². The minimum atomic E-state index is 0.264. The quantitative estimate of drug-likeness (QED) is 0.607. The number of rotatable bonds is 6. The van der Waals surface area contributed by atoms with E-state index in [1.807, 2.05) is 6.92 Å². The fraction of sp³-hybridized carbons (Fsp3) is 0.714. The Hall–Kier alpha value is -1.14. The summed E-state index contributed by atoms with van der Waals surface area (Å²) in [6, 6.07) is 0.389. The van der Waals surface area contributed by atoms with Crippen LogP contribution in [0.2, 0.25) is 0 Å². The third-order valence-corrected chi connectivity index (χ3v) is 1.37. The first-order chi connectivity index (χ1) is 6.36. The van der Waals surface area contributed by atoms with Crippen LogP contribution in [0.15, 0.2) is 4.42 Å². The molecule has 0 radical (unpaired) electrons. The minimum absolute atomic E-state index is 0.264. The van der Waals surface area contributed by atoms with Crippen LogP contribution in [0.5, 0.6) is 0 Å². The van der Waals surface area contributed by atoms with Crippen molar-refractivity contribution in [2.24, 2.45) is 5.73 Å². The summed E-state index contributed by atoms with van der Waals surface area (Å²) in [5.41, 5.74) is 5.29. The number of nitrogens with one attached hydrogen (secondary N) is 1. The van der Waals surface area contributed by atoms with Gasteiger partial charge < -0.3 is 20.2 Å². The first-order valence-corrected chi connectivity index (χ1v) is 4.21. The van der Waals surface area contributed by atoms with Gasteiger partial charge >= 0.3 is 6.01 Å². The van der Waals surface area contributed by atoms with Crippen LogP contribution >= 0.6 is 0 Å². The zero-order valence-corrected chi connectivity index (χ0v) is 7.62. The lowest BCUT2D eigenvalue weighted by atomic mass is 10.7. The molecule has 0 atom stereocenters. The van der Waals surface area contributed by atoms with E-state index >= 15 is 0 Å². The SMILES string of the molecule is CCOCCNc1nnc(CN)o1. The van der Waals surface area contributed by atoms with E-state index < -0.39 is 0 Å². The van der Waals surface area contributed by atoms with Gasteiger partial charge in [-0.05, 0) is 6.92 Å². The van der Waals surface area contributed by atoms with Crippen LogP contribution in [0.25, 0.3) is 0 Å². The Morgan fingerprint density at radius 2 is 2.38 bits per heavy atom. The maximum absolute atomic E-state index is 5.29. The fourth-order valence-electron chi connectivity index (χ4n) is 0.782. The molecule has 3 N–H and O–H groups in total. The summed E-state index contributed by atoms with van der Waals surface area (Å²) in [4.78, 5) is 0. The van der Waals surface area contributed by atoms with Gasteiger partial charge in [-0.3, -0.25) is 0 Å². The molecule has 6 nitrogen and oxygen atoms in total. The number of hydrogen-bond acceptors (Lipinski definition) is 6. The second-order valence-corrected chi connectivity index (χ2v) is 2.33. The van der Waals surface area contributed by atoms with Crippen molar-refractivity contribution in [2.75, 3.05) is 25.1 Å². The predicted octanol–water partition coefficient (Wildman–Crippen LogP) is -0.0233. The highest BCUT2D eigenvalue weighted by molar-refractivity contribution is 5.16. The molecule has 0 saturated heterocycles. The zero-order valence-electron chi connectivity index (χ0n) is 7.62. The molecule has 0 amide bonds. The molecular weight excluding hydrogens is 172 g/mol. The average Bonchev–Trinajstić information content (AvgIpc) is 2.60. The van der Waals surface area contributed by atoms with Gasteiger partial charge in [0, 0.05) is 13.2 Å². The van der Waals surface area contributed by atoms with Gasteiger partial charge in [0.2, 0.25) is 5.89 Å². The molecule has 0 spiro atoms. The van der Waals surface area contributed by atoms with Crippen LogP contribution < -0.4 is 11.1 Å². The number of hydrogen-bond donors (Lipinski definition) is 2. The highest BCUT2D eigenvalue weighted by atomic mass is 16.5. The molecular formula is C7H14N4O2. The van der Waals surface area contributed by atoms with Crippen molar-refractivity contribution in [2.45, 2.75) is 13.5 Å². The smallest absolute Gasteiger partial charge is 0.315 e. The van der Waals surface area contributed by atoms with Crippen molar-refractivity contribution < 1.29 is 9.15 Å². The maximum atomic E-state index is 5.29. The second kappa shape index (κ2) is 5.50. The summed E-state index contributed by atoms with van der Waals surface area (Å²) in [6.45, 7) is 4.19. The summed E-state index contributed by atoms with van der Waals surface area (Å²) in [6.07, 6.45) is 0. The molecule has 0 fully saturated rings. The monoisotopic (exact) mass is 186 g/mol. The topological polar surface area (TPSA) is 86.2 Å². The van der Waals surface area contributed by atoms with E-state index in [1.165, 1.54) is 0 Å². The van der Waals surface area contributed by atoms with Gasteiger partial charge in [-0.15, -0.1) is 5.10 Å². The highest BCUT2D eigenvalue weighted by Gasteiger charge is 2.01.